The Bertz CT molecular complexity index is 1260. The van der Waals surface area contributed by atoms with Crippen LogP contribution in [0.15, 0.2) is 23.0 Å². The number of pyridine rings is 1. The van der Waals surface area contributed by atoms with Gasteiger partial charge in [-0.15, -0.1) is 0 Å². The van der Waals surface area contributed by atoms with E-state index in [1.165, 1.54) is 5.56 Å². The minimum absolute atomic E-state index is 0.0485. The molecule has 0 radical (unpaired) electrons. The van der Waals surface area contributed by atoms with E-state index in [4.69, 9.17) is 14.6 Å². The summed E-state index contributed by atoms with van der Waals surface area (Å²) in [5.74, 6) is 0. The maximum atomic E-state index is 13.7. The molecule has 3 aromatic rings. The quantitative estimate of drug-likeness (QED) is 0.466. The van der Waals surface area contributed by atoms with Crippen molar-refractivity contribution in [2.24, 2.45) is 0 Å². The van der Waals surface area contributed by atoms with E-state index in [9.17, 15) is 9.59 Å². The van der Waals surface area contributed by atoms with Crippen LogP contribution in [-0.4, -0.2) is 39.2 Å². The van der Waals surface area contributed by atoms with Gasteiger partial charge in [0.25, 0.3) is 5.56 Å². The number of fused-ring (bicyclic) bond motifs is 3. The zero-order valence-electron chi connectivity index (χ0n) is 21.6. The highest BCUT2D eigenvalue weighted by Gasteiger charge is 2.24. The molecule has 0 saturated carbocycles. The number of carbonyl (C=O) groups excluding carboxylic acids is 1. The third kappa shape index (κ3) is 5.53. The van der Waals surface area contributed by atoms with Crippen LogP contribution >= 0.6 is 0 Å². The molecule has 35 heavy (non-hydrogen) atoms. The van der Waals surface area contributed by atoms with E-state index < -0.39 is 11.7 Å². The standard InChI is InChI=1S/C27H38N4O4/c1-6-10-19-12-13-21-20(17-19)24-23(18(2)31(29-24)22-11-7-8-16-34-22)25(32)30(21)15-9-14-28-26(33)35-27(3,4)5/h12-13,17,22H,6-11,14-16H2,1-5H3,(H,28,33). The largest absolute Gasteiger partial charge is 0.444 e. The van der Waals surface area contributed by atoms with E-state index in [2.05, 4.69) is 24.4 Å². The summed E-state index contributed by atoms with van der Waals surface area (Å²) in [6.45, 7) is 11.3. The third-order valence-corrected chi connectivity index (χ3v) is 6.41. The van der Waals surface area contributed by atoms with Gasteiger partial charge in [-0.1, -0.05) is 19.4 Å². The Labute approximate surface area is 206 Å². The minimum Gasteiger partial charge on any atom is -0.444 e. The zero-order chi connectivity index (χ0) is 25.2. The summed E-state index contributed by atoms with van der Waals surface area (Å²) in [4.78, 5) is 25.7. The van der Waals surface area contributed by atoms with E-state index in [-0.39, 0.29) is 11.8 Å². The van der Waals surface area contributed by atoms with Crippen LogP contribution in [0.1, 0.15) is 77.3 Å². The average Bonchev–Trinajstić information content (AvgIpc) is 3.16. The van der Waals surface area contributed by atoms with Crippen molar-refractivity contribution in [2.75, 3.05) is 13.2 Å². The maximum Gasteiger partial charge on any atom is 0.407 e. The number of hydrogen-bond donors (Lipinski definition) is 1. The molecule has 1 fully saturated rings. The Morgan fingerprint density at radius 3 is 2.77 bits per heavy atom. The highest BCUT2D eigenvalue weighted by atomic mass is 16.6. The van der Waals surface area contributed by atoms with Crippen LogP contribution < -0.4 is 10.9 Å². The molecule has 4 rings (SSSR count). The van der Waals surface area contributed by atoms with Gasteiger partial charge in [-0.2, -0.15) is 5.10 Å². The minimum atomic E-state index is -0.543. The lowest BCUT2D eigenvalue weighted by molar-refractivity contribution is -0.0402. The molecule has 1 aliphatic rings. The highest BCUT2D eigenvalue weighted by Crippen LogP contribution is 2.30. The van der Waals surface area contributed by atoms with E-state index in [0.717, 1.165) is 60.8 Å². The third-order valence-electron chi connectivity index (χ3n) is 6.41. The number of nitrogens with zero attached hydrogens (tertiary/aromatic N) is 3. The van der Waals surface area contributed by atoms with Gasteiger partial charge in [0, 0.05) is 25.1 Å². The van der Waals surface area contributed by atoms with Gasteiger partial charge < -0.3 is 19.4 Å². The molecule has 190 valence electrons. The first-order valence-electron chi connectivity index (χ1n) is 12.8. The van der Waals surface area contributed by atoms with Gasteiger partial charge in [0.2, 0.25) is 0 Å². The summed E-state index contributed by atoms with van der Waals surface area (Å²) in [5, 5.41) is 9.36. The summed E-state index contributed by atoms with van der Waals surface area (Å²) < 4.78 is 15.0. The van der Waals surface area contributed by atoms with Crippen LogP contribution in [0.3, 0.4) is 0 Å². The normalized spacial score (nSPS) is 16.7. The Morgan fingerprint density at radius 2 is 2.09 bits per heavy atom. The fourth-order valence-corrected chi connectivity index (χ4v) is 4.82. The molecule has 0 spiro atoms. The summed E-state index contributed by atoms with van der Waals surface area (Å²) in [6.07, 6.45) is 5.11. The lowest BCUT2D eigenvalue weighted by atomic mass is 10.0. The summed E-state index contributed by atoms with van der Waals surface area (Å²) in [7, 11) is 0. The van der Waals surface area contributed by atoms with Crippen LogP contribution in [0.5, 0.6) is 0 Å². The Morgan fingerprint density at radius 1 is 1.29 bits per heavy atom. The number of alkyl carbamates (subject to hydrolysis) is 1. The fraction of sp³-hybridized carbons (Fsp3) is 0.593. The fourth-order valence-electron chi connectivity index (χ4n) is 4.82. The molecule has 8 heteroatoms. The Hall–Kier alpha value is -2.87. The van der Waals surface area contributed by atoms with E-state index in [1.807, 2.05) is 43.0 Å². The molecule has 1 unspecified atom stereocenters. The molecule has 1 N–H and O–H groups in total. The Balaban J connectivity index is 1.70. The molecular formula is C27H38N4O4. The summed E-state index contributed by atoms with van der Waals surface area (Å²) in [6, 6.07) is 6.31. The topological polar surface area (TPSA) is 87.4 Å². The van der Waals surface area contributed by atoms with Crippen molar-refractivity contribution >= 4 is 27.9 Å². The number of carbonyl (C=O) groups is 1. The van der Waals surface area contributed by atoms with E-state index in [0.29, 0.717) is 24.9 Å². The lowest BCUT2D eigenvalue weighted by Crippen LogP contribution is -2.33. The van der Waals surface area contributed by atoms with Gasteiger partial charge >= 0.3 is 6.09 Å². The van der Waals surface area contributed by atoms with Crippen LogP contribution in [0.2, 0.25) is 0 Å². The van der Waals surface area contributed by atoms with Gasteiger partial charge in [0.1, 0.15) is 17.3 Å². The predicted molar refractivity (Wildman–Crippen MR) is 138 cm³/mol. The molecule has 3 heterocycles. The van der Waals surface area contributed by atoms with Gasteiger partial charge in [-0.05, 0) is 77.5 Å². The number of amides is 1. The monoisotopic (exact) mass is 482 g/mol. The van der Waals surface area contributed by atoms with Crippen molar-refractivity contribution in [1.82, 2.24) is 19.7 Å². The average molecular weight is 483 g/mol. The maximum absolute atomic E-state index is 13.7. The van der Waals surface area contributed by atoms with E-state index >= 15 is 0 Å². The SMILES string of the molecule is CCCc1ccc2c(c1)c1nn(C3CCCCO3)c(C)c1c(=O)n2CCCNC(=O)OC(C)(C)C. The number of hydrogen-bond acceptors (Lipinski definition) is 5. The number of benzene rings is 1. The number of aryl methyl sites for hydroxylation is 3. The van der Waals surface area contributed by atoms with Crippen LogP contribution in [0, 0.1) is 6.92 Å². The molecule has 1 saturated heterocycles. The first kappa shape index (κ1) is 25.2. The van der Waals surface area contributed by atoms with Crippen molar-refractivity contribution in [3.8, 4) is 0 Å². The highest BCUT2D eigenvalue weighted by molar-refractivity contribution is 6.04. The summed E-state index contributed by atoms with van der Waals surface area (Å²) in [5.41, 5.74) is 3.11. The molecule has 1 amide bonds. The number of aromatic nitrogens is 3. The van der Waals surface area contributed by atoms with Gasteiger partial charge in [-0.3, -0.25) is 4.79 Å². The first-order valence-corrected chi connectivity index (χ1v) is 12.8. The number of rotatable bonds is 7. The van der Waals surface area contributed by atoms with Gasteiger partial charge in [0.05, 0.1) is 16.6 Å². The molecular weight excluding hydrogens is 444 g/mol. The molecule has 2 aromatic heterocycles. The van der Waals surface area contributed by atoms with Crippen molar-refractivity contribution in [3.63, 3.8) is 0 Å². The second-order valence-corrected chi connectivity index (χ2v) is 10.4. The van der Waals surface area contributed by atoms with Gasteiger partial charge in [0.15, 0.2) is 0 Å². The number of ether oxygens (including phenoxy) is 2. The molecule has 1 aromatic carbocycles. The van der Waals surface area contributed by atoms with Crippen molar-refractivity contribution in [1.29, 1.82) is 0 Å². The Kier molecular flexibility index (Phi) is 7.50. The van der Waals surface area contributed by atoms with Gasteiger partial charge in [-0.25, -0.2) is 9.48 Å². The first-order chi connectivity index (χ1) is 16.7. The molecule has 0 bridgehead atoms. The second kappa shape index (κ2) is 10.4. The van der Waals surface area contributed by atoms with E-state index in [1.54, 1.807) is 0 Å². The van der Waals surface area contributed by atoms with Crippen LogP contribution in [-0.2, 0) is 22.4 Å². The summed E-state index contributed by atoms with van der Waals surface area (Å²) >= 11 is 0. The number of nitrogens with one attached hydrogen (secondary N) is 1. The van der Waals surface area contributed by atoms with Crippen LogP contribution in [0.4, 0.5) is 4.79 Å². The van der Waals surface area contributed by atoms with Crippen LogP contribution in [0.25, 0.3) is 21.8 Å². The molecule has 1 atom stereocenters. The predicted octanol–water partition coefficient (Wildman–Crippen LogP) is 5.23. The second-order valence-electron chi connectivity index (χ2n) is 10.4. The smallest absolute Gasteiger partial charge is 0.407 e. The van der Waals surface area contributed by atoms with Crippen molar-refractivity contribution < 1.29 is 14.3 Å². The zero-order valence-corrected chi connectivity index (χ0v) is 21.6. The molecule has 0 aliphatic carbocycles. The molecule has 8 nitrogen and oxygen atoms in total. The lowest BCUT2D eigenvalue weighted by Gasteiger charge is -2.23. The van der Waals surface area contributed by atoms with Crippen molar-refractivity contribution in [2.45, 2.75) is 91.5 Å². The van der Waals surface area contributed by atoms with Crippen molar-refractivity contribution in [3.05, 3.63) is 39.8 Å². The molecule has 1 aliphatic heterocycles.